The number of hydrogen-bond donors (Lipinski definition) is 0. The van der Waals surface area contributed by atoms with E-state index in [4.69, 9.17) is 9.15 Å². The van der Waals surface area contributed by atoms with Crippen LogP contribution in [0.1, 0.15) is 27.4 Å². The van der Waals surface area contributed by atoms with Crippen molar-refractivity contribution >= 4 is 28.9 Å². The van der Waals surface area contributed by atoms with Gasteiger partial charge >= 0.3 is 0 Å². The number of furan rings is 1. The van der Waals surface area contributed by atoms with Gasteiger partial charge in [0.2, 0.25) is 0 Å². The van der Waals surface area contributed by atoms with Crippen molar-refractivity contribution < 1.29 is 13.9 Å². The van der Waals surface area contributed by atoms with Gasteiger partial charge in [-0.3, -0.25) is 4.79 Å². The van der Waals surface area contributed by atoms with Gasteiger partial charge in [-0.15, -0.1) is 0 Å². The van der Waals surface area contributed by atoms with Gasteiger partial charge in [0, 0.05) is 15.6 Å². The molecule has 0 atom stereocenters. The van der Waals surface area contributed by atoms with Gasteiger partial charge in [0.05, 0.1) is 7.11 Å². The SMILES string of the molecule is COc1ccc(I)cc1Cc1cc(C)c(C=O)o1. The monoisotopic (exact) mass is 356 g/mol. The molecular weight excluding hydrogens is 343 g/mol. The summed E-state index contributed by atoms with van der Waals surface area (Å²) < 4.78 is 11.9. The number of methoxy groups -OCH3 is 1. The van der Waals surface area contributed by atoms with Gasteiger partial charge in [0.1, 0.15) is 11.5 Å². The van der Waals surface area contributed by atoms with Gasteiger partial charge in [0.15, 0.2) is 12.0 Å². The topological polar surface area (TPSA) is 39.4 Å². The van der Waals surface area contributed by atoms with Gasteiger partial charge in [-0.1, -0.05) is 0 Å². The summed E-state index contributed by atoms with van der Waals surface area (Å²) in [4.78, 5) is 10.8. The van der Waals surface area contributed by atoms with E-state index in [2.05, 4.69) is 28.7 Å². The summed E-state index contributed by atoms with van der Waals surface area (Å²) in [5, 5.41) is 0. The molecule has 0 aliphatic rings. The van der Waals surface area contributed by atoms with E-state index >= 15 is 0 Å². The highest BCUT2D eigenvalue weighted by Gasteiger charge is 2.10. The molecule has 0 radical (unpaired) electrons. The maximum atomic E-state index is 10.8. The minimum absolute atomic E-state index is 0.398. The molecule has 0 N–H and O–H groups in total. The lowest BCUT2D eigenvalue weighted by atomic mass is 10.1. The van der Waals surface area contributed by atoms with E-state index in [-0.39, 0.29) is 0 Å². The maximum absolute atomic E-state index is 10.8. The summed E-state index contributed by atoms with van der Waals surface area (Å²) in [6.07, 6.45) is 1.36. The highest BCUT2D eigenvalue weighted by molar-refractivity contribution is 14.1. The predicted molar refractivity (Wildman–Crippen MR) is 77.3 cm³/mol. The third-order valence-electron chi connectivity index (χ3n) is 2.72. The second-order valence-electron chi connectivity index (χ2n) is 4.01. The molecule has 0 bridgehead atoms. The minimum Gasteiger partial charge on any atom is -0.496 e. The van der Waals surface area contributed by atoms with E-state index < -0.39 is 0 Å². The average Bonchev–Trinajstić information content (AvgIpc) is 2.70. The second kappa shape index (κ2) is 5.56. The molecule has 0 amide bonds. The smallest absolute Gasteiger partial charge is 0.185 e. The van der Waals surface area contributed by atoms with Crippen molar-refractivity contribution in [2.75, 3.05) is 7.11 Å². The van der Waals surface area contributed by atoms with E-state index in [0.717, 1.165) is 32.5 Å². The fourth-order valence-electron chi connectivity index (χ4n) is 1.84. The van der Waals surface area contributed by atoms with Crippen LogP contribution in [0, 0.1) is 10.5 Å². The Morgan fingerprint density at radius 2 is 2.17 bits per heavy atom. The molecule has 3 nitrogen and oxygen atoms in total. The van der Waals surface area contributed by atoms with Crippen molar-refractivity contribution in [2.45, 2.75) is 13.3 Å². The lowest BCUT2D eigenvalue weighted by molar-refractivity contribution is 0.109. The van der Waals surface area contributed by atoms with Gasteiger partial charge in [-0.2, -0.15) is 0 Å². The first-order valence-electron chi connectivity index (χ1n) is 5.51. The molecule has 18 heavy (non-hydrogen) atoms. The van der Waals surface area contributed by atoms with Crippen LogP contribution in [0.4, 0.5) is 0 Å². The van der Waals surface area contributed by atoms with Crippen LogP contribution in [-0.4, -0.2) is 13.4 Å². The molecule has 1 aromatic heterocycles. The molecule has 2 aromatic rings. The molecule has 0 saturated heterocycles. The van der Waals surface area contributed by atoms with E-state index in [0.29, 0.717) is 12.2 Å². The molecule has 0 fully saturated rings. The Kier molecular flexibility index (Phi) is 4.06. The Balaban J connectivity index is 2.32. The Morgan fingerprint density at radius 3 is 2.78 bits per heavy atom. The Morgan fingerprint density at radius 1 is 1.39 bits per heavy atom. The first-order valence-corrected chi connectivity index (χ1v) is 6.59. The highest BCUT2D eigenvalue weighted by atomic mass is 127. The average molecular weight is 356 g/mol. The number of carbonyl (C=O) groups is 1. The number of aldehydes is 1. The molecule has 2 rings (SSSR count). The Bertz CT molecular complexity index is 572. The van der Waals surface area contributed by atoms with Crippen LogP contribution in [0.25, 0.3) is 0 Å². The van der Waals surface area contributed by atoms with Crippen LogP contribution in [-0.2, 0) is 6.42 Å². The fraction of sp³-hybridized carbons (Fsp3) is 0.214. The molecule has 1 heterocycles. The molecule has 0 saturated carbocycles. The molecule has 0 unspecified atom stereocenters. The zero-order chi connectivity index (χ0) is 13.1. The second-order valence-corrected chi connectivity index (χ2v) is 5.26. The highest BCUT2D eigenvalue weighted by Crippen LogP contribution is 2.25. The lowest BCUT2D eigenvalue weighted by Crippen LogP contribution is -1.93. The number of carbonyl (C=O) groups excluding carboxylic acids is 1. The van der Waals surface area contributed by atoms with Crippen molar-refractivity contribution in [3.63, 3.8) is 0 Å². The van der Waals surface area contributed by atoms with Crippen molar-refractivity contribution in [3.8, 4) is 5.75 Å². The zero-order valence-corrected chi connectivity index (χ0v) is 12.4. The Labute approximate surface area is 119 Å². The lowest BCUT2D eigenvalue weighted by Gasteiger charge is -2.07. The van der Waals surface area contributed by atoms with Crippen molar-refractivity contribution in [2.24, 2.45) is 0 Å². The quantitative estimate of drug-likeness (QED) is 0.621. The molecular formula is C14H13IO3. The van der Waals surface area contributed by atoms with Crippen molar-refractivity contribution in [1.29, 1.82) is 0 Å². The van der Waals surface area contributed by atoms with Gasteiger partial charge in [-0.25, -0.2) is 0 Å². The van der Waals surface area contributed by atoms with Crippen LogP contribution in [0.3, 0.4) is 0 Å². The summed E-state index contributed by atoms with van der Waals surface area (Å²) in [7, 11) is 1.65. The standard InChI is InChI=1S/C14H13IO3/c1-9-5-12(18-14(9)8-16)7-10-6-11(15)3-4-13(10)17-2/h3-6,8H,7H2,1-2H3. The number of aryl methyl sites for hydroxylation is 1. The summed E-state index contributed by atoms with van der Waals surface area (Å²) in [5.74, 6) is 2.00. The van der Waals surface area contributed by atoms with Gasteiger partial charge in [0.25, 0.3) is 0 Å². The van der Waals surface area contributed by atoms with Crippen LogP contribution >= 0.6 is 22.6 Å². The van der Waals surface area contributed by atoms with Gasteiger partial charge < -0.3 is 9.15 Å². The van der Waals surface area contributed by atoms with E-state index in [1.54, 1.807) is 7.11 Å². The molecule has 0 spiro atoms. The third-order valence-corrected chi connectivity index (χ3v) is 3.39. The van der Waals surface area contributed by atoms with Crippen LogP contribution < -0.4 is 4.74 Å². The number of benzene rings is 1. The summed E-state index contributed by atoms with van der Waals surface area (Å²) in [5.41, 5.74) is 1.92. The number of halogens is 1. The van der Waals surface area contributed by atoms with Crippen LogP contribution in [0.5, 0.6) is 5.75 Å². The number of rotatable bonds is 4. The summed E-state index contributed by atoms with van der Waals surface area (Å²) >= 11 is 2.26. The largest absolute Gasteiger partial charge is 0.496 e. The predicted octanol–water partition coefficient (Wildman–Crippen LogP) is 3.60. The van der Waals surface area contributed by atoms with Crippen LogP contribution in [0.15, 0.2) is 28.7 Å². The number of hydrogen-bond acceptors (Lipinski definition) is 3. The number of ether oxygens (including phenoxy) is 1. The molecule has 94 valence electrons. The molecule has 0 aliphatic heterocycles. The first-order chi connectivity index (χ1) is 8.63. The zero-order valence-electron chi connectivity index (χ0n) is 10.2. The third kappa shape index (κ3) is 2.75. The molecule has 1 aromatic carbocycles. The molecule has 0 aliphatic carbocycles. The van der Waals surface area contributed by atoms with Gasteiger partial charge in [-0.05, 0) is 59.3 Å². The van der Waals surface area contributed by atoms with E-state index in [1.807, 2.05) is 25.1 Å². The molecule has 4 heteroatoms. The Hall–Kier alpha value is -1.30. The summed E-state index contributed by atoms with van der Waals surface area (Å²) in [6, 6.07) is 7.88. The van der Waals surface area contributed by atoms with Crippen molar-refractivity contribution in [1.82, 2.24) is 0 Å². The van der Waals surface area contributed by atoms with Crippen LogP contribution in [0.2, 0.25) is 0 Å². The first kappa shape index (κ1) is 13.1. The fourth-order valence-corrected chi connectivity index (χ4v) is 2.40. The maximum Gasteiger partial charge on any atom is 0.185 e. The van der Waals surface area contributed by atoms with Crippen molar-refractivity contribution in [3.05, 3.63) is 50.5 Å². The summed E-state index contributed by atoms with van der Waals surface area (Å²) in [6.45, 7) is 1.86. The van der Waals surface area contributed by atoms with E-state index in [1.165, 1.54) is 0 Å². The normalized spacial score (nSPS) is 10.4. The van der Waals surface area contributed by atoms with E-state index in [9.17, 15) is 4.79 Å². The minimum atomic E-state index is 0.398.